The van der Waals surface area contributed by atoms with E-state index in [9.17, 15) is 4.79 Å². The van der Waals surface area contributed by atoms with Crippen LogP contribution < -0.4 is 14.8 Å². The number of anilines is 1. The Balaban J connectivity index is 2.17. The van der Waals surface area contributed by atoms with Crippen LogP contribution in [-0.4, -0.2) is 20.1 Å². The summed E-state index contributed by atoms with van der Waals surface area (Å²) in [5.41, 5.74) is 1.71. The van der Waals surface area contributed by atoms with E-state index < -0.39 is 0 Å². The van der Waals surface area contributed by atoms with Crippen LogP contribution in [0.15, 0.2) is 48.5 Å². The van der Waals surface area contributed by atoms with E-state index in [0.717, 1.165) is 12.0 Å². The zero-order valence-electron chi connectivity index (χ0n) is 13.1. The maximum atomic E-state index is 12.5. The molecule has 1 amide bonds. The summed E-state index contributed by atoms with van der Waals surface area (Å²) >= 11 is 0. The summed E-state index contributed by atoms with van der Waals surface area (Å²) in [6.07, 6.45) is 0.739. The molecule has 116 valence electrons. The zero-order valence-corrected chi connectivity index (χ0v) is 13.1. The maximum Gasteiger partial charge on any atom is 0.231 e. The van der Waals surface area contributed by atoms with Gasteiger partial charge in [-0.1, -0.05) is 37.3 Å². The molecule has 0 bridgehead atoms. The molecule has 0 aliphatic heterocycles. The maximum absolute atomic E-state index is 12.5. The lowest BCUT2D eigenvalue weighted by Crippen LogP contribution is -2.20. The summed E-state index contributed by atoms with van der Waals surface area (Å²) in [5.74, 6) is 1.03. The first-order valence-electron chi connectivity index (χ1n) is 7.27. The van der Waals surface area contributed by atoms with Gasteiger partial charge < -0.3 is 14.8 Å². The summed E-state index contributed by atoms with van der Waals surface area (Å²) < 4.78 is 10.5. The number of amides is 1. The first kappa shape index (κ1) is 15.9. The number of carbonyl (C=O) groups is 1. The molecule has 0 saturated carbocycles. The highest BCUT2D eigenvalue weighted by Gasteiger charge is 2.19. The van der Waals surface area contributed by atoms with E-state index in [1.165, 1.54) is 0 Å². The SMILES string of the molecule is CC[C@H](C(=O)Nc1ccc(OC)c(OC)c1)c1ccccc1. The highest BCUT2D eigenvalue weighted by atomic mass is 16.5. The van der Waals surface area contributed by atoms with Gasteiger partial charge in [0.15, 0.2) is 11.5 Å². The highest BCUT2D eigenvalue weighted by Crippen LogP contribution is 2.30. The second-order valence-corrected chi connectivity index (χ2v) is 4.93. The Kier molecular flexibility index (Phi) is 5.42. The number of methoxy groups -OCH3 is 2. The smallest absolute Gasteiger partial charge is 0.231 e. The minimum atomic E-state index is -0.172. The monoisotopic (exact) mass is 299 g/mol. The minimum Gasteiger partial charge on any atom is -0.493 e. The number of rotatable bonds is 6. The topological polar surface area (TPSA) is 47.6 Å². The summed E-state index contributed by atoms with van der Waals surface area (Å²) in [6, 6.07) is 15.1. The quantitative estimate of drug-likeness (QED) is 0.881. The van der Waals surface area contributed by atoms with Gasteiger partial charge in [0, 0.05) is 11.8 Å². The summed E-state index contributed by atoms with van der Waals surface area (Å²) in [4.78, 5) is 12.5. The van der Waals surface area contributed by atoms with Crippen LogP contribution in [0, 0.1) is 0 Å². The van der Waals surface area contributed by atoms with Crippen LogP contribution in [0.25, 0.3) is 0 Å². The van der Waals surface area contributed by atoms with E-state index in [0.29, 0.717) is 17.2 Å². The van der Waals surface area contributed by atoms with Gasteiger partial charge >= 0.3 is 0 Å². The summed E-state index contributed by atoms with van der Waals surface area (Å²) in [7, 11) is 3.15. The molecule has 0 unspecified atom stereocenters. The lowest BCUT2D eigenvalue weighted by atomic mass is 9.95. The third-order valence-corrected chi connectivity index (χ3v) is 3.58. The van der Waals surface area contributed by atoms with Crippen molar-refractivity contribution in [3.8, 4) is 11.5 Å². The summed E-state index contributed by atoms with van der Waals surface area (Å²) in [6.45, 7) is 2.01. The van der Waals surface area contributed by atoms with Crippen molar-refractivity contribution in [2.45, 2.75) is 19.3 Å². The van der Waals surface area contributed by atoms with Crippen molar-refractivity contribution in [1.29, 1.82) is 0 Å². The minimum absolute atomic E-state index is 0.0269. The normalized spacial score (nSPS) is 11.6. The standard InChI is InChI=1S/C18H21NO3/c1-4-15(13-8-6-5-7-9-13)18(20)19-14-10-11-16(21-2)17(12-14)22-3/h5-12,15H,4H2,1-3H3,(H,19,20)/t15-/m0/s1. The molecule has 0 saturated heterocycles. The van der Waals surface area contributed by atoms with E-state index in [4.69, 9.17) is 9.47 Å². The Labute approximate surface area is 131 Å². The molecule has 2 aromatic rings. The molecule has 0 aliphatic rings. The van der Waals surface area contributed by atoms with Gasteiger partial charge in [0.2, 0.25) is 5.91 Å². The molecule has 1 atom stereocenters. The molecule has 1 N–H and O–H groups in total. The Morgan fingerprint density at radius 3 is 2.32 bits per heavy atom. The van der Waals surface area contributed by atoms with Gasteiger partial charge in [-0.3, -0.25) is 4.79 Å². The van der Waals surface area contributed by atoms with Gasteiger partial charge in [0.05, 0.1) is 20.1 Å². The van der Waals surface area contributed by atoms with Crippen molar-refractivity contribution in [2.75, 3.05) is 19.5 Å². The van der Waals surface area contributed by atoms with Gasteiger partial charge in [0.25, 0.3) is 0 Å². The Bertz CT molecular complexity index is 625. The lowest BCUT2D eigenvalue weighted by molar-refractivity contribution is -0.117. The van der Waals surface area contributed by atoms with Crippen LogP contribution in [0.3, 0.4) is 0 Å². The first-order chi connectivity index (χ1) is 10.7. The molecule has 2 aromatic carbocycles. The van der Waals surface area contributed by atoms with Crippen LogP contribution in [0.2, 0.25) is 0 Å². The predicted octanol–water partition coefficient (Wildman–Crippen LogP) is 3.84. The number of benzene rings is 2. The molecule has 0 aromatic heterocycles. The number of hydrogen-bond donors (Lipinski definition) is 1. The van der Waals surface area contributed by atoms with E-state index >= 15 is 0 Å². The molecule has 22 heavy (non-hydrogen) atoms. The second kappa shape index (κ2) is 7.50. The molecule has 0 spiro atoms. The van der Waals surface area contributed by atoms with Crippen molar-refractivity contribution in [2.24, 2.45) is 0 Å². The van der Waals surface area contributed by atoms with E-state index in [1.54, 1.807) is 32.4 Å². The van der Waals surface area contributed by atoms with Crippen molar-refractivity contribution in [3.05, 3.63) is 54.1 Å². The molecular formula is C18H21NO3. The molecule has 4 nitrogen and oxygen atoms in total. The Morgan fingerprint density at radius 2 is 1.73 bits per heavy atom. The predicted molar refractivity (Wildman–Crippen MR) is 87.6 cm³/mol. The van der Waals surface area contributed by atoms with Gasteiger partial charge in [-0.05, 0) is 24.1 Å². The molecular weight excluding hydrogens is 278 g/mol. The highest BCUT2D eigenvalue weighted by molar-refractivity contribution is 5.96. The Hall–Kier alpha value is -2.49. The fourth-order valence-electron chi connectivity index (χ4n) is 2.40. The zero-order chi connectivity index (χ0) is 15.9. The van der Waals surface area contributed by atoms with Gasteiger partial charge in [0.1, 0.15) is 0 Å². The van der Waals surface area contributed by atoms with Gasteiger partial charge in [-0.2, -0.15) is 0 Å². The first-order valence-corrected chi connectivity index (χ1v) is 7.27. The van der Waals surface area contributed by atoms with Crippen molar-refractivity contribution in [1.82, 2.24) is 0 Å². The molecule has 0 heterocycles. The third kappa shape index (κ3) is 3.58. The Morgan fingerprint density at radius 1 is 1.05 bits per heavy atom. The number of carbonyl (C=O) groups excluding carboxylic acids is 1. The van der Waals surface area contributed by atoms with Crippen molar-refractivity contribution in [3.63, 3.8) is 0 Å². The average Bonchev–Trinajstić information content (AvgIpc) is 2.56. The van der Waals surface area contributed by atoms with Crippen LogP contribution in [0.4, 0.5) is 5.69 Å². The van der Waals surface area contributed by atoms with E-state index in [1.807, 2.05) is 37.3 Å². The molecule has 0 aliphatic carbocycles. The number of nitrogens with one attached hydrogen (secondary N) is 1. The van der Waals surface area contributed by atoms with Gasteiger partial charge in [-0.25, -0.2) is 0 Å². The third-order valence-electron chi connectivity index (χ3n) is 3.58. The number of ether oxygens (including phenoxy) is 2. The van der Waals surface area contributed by atoms with Crippen LogP contribution in [0.1, 0.15) is 24.8 Å². The largest absolute Gasteiger partial charge is 0.493 e. The van der Waals surface area contributed by atoms with Crippen LogP contribution in [0.5, 0.6) is 11.5 Å². The molecule has 0 fully saturated rings. The lowest BCUT2D eigenvalue weighted by Gasteiger charge is -2.16. The van der Waals surface area contributed by atoms with E-state index in [-0.39, 0.29) is 11.8 Å². The fourth-order valence-corrected chi connectivity index (χ4v) is 2.40. The van der Waals surface area contributed by atoms with Gasteiger partial charge in [-0.15, -0.1) is 0 Å². The molecule has 0 radical (unpaired) electrons. The van der Waals surface area contributed by atoms with Crippen LogP contribution in [-0.2, 0) is 4.79 Å². The number of hydrogen-bond acceptors (Lipinski definition) is 3. The van der Waals surface area contributed by atoms with Crippen molar-refractivity contribution < 1.29 is 14.3 Å². The summed E-state index contributed by atoms with van der Waals surface area (Å²) in [5, 5.41) is 2.94. The second-order valence-electron chi connectivity index (χ2n) is 4.93. The van der Waals surface area contributed by atoms with Crippen molar-refractivity contribution >= 4 is 11.6 Å². The molecule has 4 heteroatoms. The fraction of sp³-hybridized carbons (Fsp3) is 0.278. The average molecular weight is 299 g/mol. The molecule has 2 rings (SSSR count). The van der Waals surface area contributed by atoms with E-state index in [2.05, 4.69) is 5.32 Å². The van der Waals surface area contributed by atoms with Crippen LogP contribution >= 0.6 is 0 Å².